The van der Waals surface area contributed by atoms with E-state index in [-0.39, 0.29) is 0 Å². The minimum absolute atomic E-state index is 0.592. The van der Waals surface area contributed by atoms with Gasteiger partial charge in [-0.3, -0.25) is 5.43 Å². The highest BCUT2D eigenvalue weighted by Crippen LogP contribution is 2.32. The molecule has 0 unspecified atom stereocenters. The molecular weight excluding hydrogens is 388 g/mol. The molecule has 8 heteroatoms. The molecule has 4 aromatic rings. The minimum atomic E-state index is 0.592. The number of benzene rings is 2. The highest BCUT2D eigenvalue weighted by Gasteiger charge is 2.21. The number of hydrogen-bond acceptors (Lipinski definition) is 7. The van der Waals surface area contributed by atoms with Crippen molar-refractivity contribution in [2.45, 2.75) is 11.6 Å². The van der Waals surface area contributed by atoms with Crippen molar-refractivity contribution in [1.82, 2.24) is 14.9 Å². The molecule has 0 radical (unpaired) electrons. The van der Waals surface area contributed by atoms with Crippen molar-refractivity contribution in [3.63, 3.8) is 0 Å². The summed E-state index contributed by atoms with van der Waals surface area (Å²) in [4.78, 5) is 0. The van der Waals surface area contributed by atoms with E-state index < -0.39 is 0 Å². The summed E-state index contributed by atoms with van der Waals surface area (Å²) in [5.41, 5.74) is 6.15. The predicted octanol–water partition coefficient (Wildman–Crippen LogP) is 4.28. The summed E-state index contributed by atoms with van der Waals surface area (Å²) >= 11 is 1.51. The summed E-state index contributed by atoms with van der Waals surface area (Å²) in [6.07, 6.45) is 0.592. The quantitative estimate of drug-likeness (QED) is 0.530. The zero-order chi connectivity index (χ0) is 19.8. The topological polar surface area (TPSA) is 74.3 Å². The molecule has 0 aliphatic carbocycles. The van der Waals surface area contributed by atoms with Crippen LogP contribution in [-0.2, 0) is 6.42 Å². The molecule has 7 nitrogen and oxygen atoms in total. The number of nitrogens with one attached hydrogen (secondary N) is 1. The molecule has 146 valence electrons. The zero-order valence-electron chi connectivity index (χ0n) is 15.9. The highest BCUT2D eigenvalue weighted by atomic mass is 32.2. The van der Waals surface area contributed by atoms with Crippen molar-refractivity contribution < 1.29 is 13.9 Å². The maximum atomic E-state index is 5.98. The van der Waals surface area contributed by atoms with Gasteiger partial charge in [0.05, 0.1) is 14.2 Å². The van der Waals surface area contributed by atoms with Crippen molar-refractivity contribution in [1.29, 1.82) is 0 Å². The molecule has 3 heterocycles. The Morgan fingerprint density at radius 1 is 1.03 bits per heavy atom. The molecule has 0 fully saturated rings. The maximum Gasteiger partial charge on any atom is 0.214 e. The summed E-state index contributed by atoms with van der Waals surface area (Å²) < 4.78 is 18.6. The third kappa shape index (κ3) is 3.21. The van der Waals surface area contributed by atoms with Gasteiger partial charge in [0.1, 0.15) is 11.3 Å². The molecule has 0 saturated carbocycles. The summed E-state index contributed by atoms with van der Waals surface area (Å²) in [5.74, 6) is 2.95. The zero-order valence-corrected chi connectivity index (χ0v) is 16.7. The molecule has 1 N–H and O–H groups in total. The van der Waals surface area contributed by atoms with Crippen LogP contribution in [0.5, 0.6) is 11.5 Å². The molecule has 5 rings (SSSR count). The van der Waals surface area contributed by atoms with Crippen LogP contribution in [-0.4, -0.2) is 29.1 Å². The molecule has 0 bridgehead atoms. The second kappa shape index (κ2) is 7.21. The van der Waals surface area contributed by atoms with Crippen LogP contribution in [0.25, 0.3) is 16.7 Å². The maximum absolute atomic E-state index is 5.98. The number of rotatable bonds is 5. The number of para-hydroxylation sites is 1. The summed E-state index contributed by atoms with van der Waals surface area (Å²) in [6.45, 7) is 0. The Morgan fingerprint density at radius 3 is 2.72 bits per heavy atom. The van der Waals surface area contributed by atoms with Gasteiger partial charge in [0.25, 0.3) is 0 Å². The van der Waals surface area contributed by atoms with Crippen LogP contribution in [0.3, 0.4) is 0 Å². The summed E-state index contributed by atoms with van der Waals surface area (Å²) in [7, 11) is 3.25. The first kappa shape index (κ1) is 17.7. The Kier molecular flexibility index (Phi) is 4.40. The Hall–Kier alpha value is -3.39. The van der Waals surface area contributed by atoms with Gasteiger partial charge in [-0.25, -0.2) is 4.68 Å². The van der Waals surface area contributed by atoms with E-state index in [2.05, 4.69) is 15.6 Å². The number of fused-ring (bicyclic) bond motifs is 2. The monoisotopic (exact) mass is 406 g/mol. The first-order valence-electron chi connectivity index (χ1n) is 9.03. The van der Waals surface area contributed by atoms with E-state index in [1.807, 2.05) is 58.6 Å². The lowest BCUT2D eigenvalue weighted by molar-refractivity contribution is 0.354. The number of thioether (sulfide) groups is 1. The molecule has 0 atom stereocenters. The first-order valence-corrected chi connectivity index (χ1v) is 9.91. The van der Waals surface area contributed by atoms with E-state index in [1.54, 1.807) is 14.2 Å². The van der Waals surface area contributed by atoms with Crippen LogP contribution in [0.4, 0.5) is 0 Å². The highest BCUT2D eigenvalue weighted by molar-refractivity contribution is 8.02. The lowest BCUT2D eigenvalue weighted by Crippen LogP contribution is -2.19. The number of nitrogens with zero attached hydrogens (tertiary/aromatic N) is 3. The van der Waals surface area contributed by atoms with E-state index in [4.69, 9.17) is 13.9 Å². The van der Waals surface area contributed by atoms with Gasteiger partial charge in [-0.05, 0) is 29.8 Å². The van der Waals surface area contributed by atoms with Crippen LogP contribution < -0.4 is 14.9 Å². The molecule has 0 amide bonds. The fourth-order valence-corrected chi connectivity index (χ4v) is 4.00. The molecule has 2 aromatic heterocycles. The van der Waals surface area contributed by atoms with E-state index in [1.165, 1.54) is 11.8 Å². The van der Waals surface area contributed by atoms with Crippen LogP contribution in [0, 0.1) is 0 Å². The Balaban J connectivity index is 1.42. The van der Waals surface area contributed by atoms with Crippen LogP contribution >= 0.6 is 11.8 Å². The fraction of sp³-hybridized carbons (Fsp3) is 0.143. The van der Waals surface area contributed by atoms with Crippen molar-refractivity contribution in [2.24, 2.45) is 0 Å². The Morgan fingerprint density at radius 2 is 1.90 bits per heavy atom. The molecule has 29 heavy (non-hydrogen) atoms. The largest absolute Gasteiger partial charge is 0.493 e. The lowest BCUT2D eigenvalue weighted by atomic mass is 10.1. The normalized spacial score (nSPS) is 13.0. The van der Waals surface area contributed by atoms with Gasteiger partial charge in [0.2, 0.25) is 5.16 Å². The van der Waals surface area contributed by atoms with Crippen molar-refractivity contribution in [3.05, 3.63) is 71.1 Å². The van der Waals surface area contributed by atoms with E-state index in [9.17, 15) is 0 Å². The molecule has 1 aliphatic rings. The molecular formula is C21H18N4O3S. The molecule has 0 saturated heterocycles. The standard InChI is InChI=1S/C21H18N4O3S/c1-26-17-8-7-13(9-19(17)27-2)10-20-22-23-21-25(20)24-15(12-29-21)18-11-14-5-3-4-6-16(14)28-18/h3-9,11-12,24H,10H2,1-2H3. The van der Waals surface area contributed by atoms with Gasteiger partial charge >= 0.3 is 0 Å². The summed E-state index contributed by atoms with van der Waals surface area (Å²) in [6, 6.07) is 15.8. The Bertz CT molecular complexity index is 1190. The molecule has 0 spiro atoms. The summed E-state index contributed by atoms with van der Waals surface area (Å²) in [5, 5.41) is 12.5. The number of methoxy groups -OCH3 is 2. The van der Waals surface area contributed by atoms with Gasteiger partial charge in [0.15, 0.2) is 23.1 Å². The molecule has 1 aliphatic heterocycles. The van der Waals surface area contributed by atoms with Crippen molar-refractivity contribution in [2.75, 3.05) is 19.6 Å². The first-order chi connectivity index (χ1) is 14.2. The average Bonchev–Trinajstić information content (AvgIpc) is 3.37. The third-order valence-electron chi connectivity index (χ3n) is 4.72. The smallest absolute Gasteiger partial charge is 0.214 e. The van der Waals surface area contributed by atoms with Gasteiger partial charge in [-0.2, -0.15) is 0 Å². The Labute approximate surface area is 171 Å². The van der Waals surface area contributed by atoms with Gasteiger partial charge in [-0.1, -0.05) is 36.0 Å². The van der Waals surface area contributed by atoms with Gasteiger partial charge in [-0.15, -0.1) is 10.2 Å². The van der Waals surface area contributed by atoms with Crippen LogP contribution in [0.1, 0.15) is 17.1 Å². The third-order valence-corrected chi connectivity index (χ3v) is 5.54. The second-order valence-corrected chi connectivity index (χ2v) is 7.35. The number of ether oxygens (including phenoxy) is 2. The second-order valence-electron chi connectivity index (χ2n) is 6.51. The van der Waals surface area contributed by atoms with E-state index in [0.717, 1.165) is 39.0 Å². The number of furan rings is 1. The lowest BCUT2D eigenvalue weighted by Gasteiger charge is -2.17. The van der Waals surface area contributed by atoms with Crippen molar-refractivity contribution >= 4 is 28.4 Å². The SMILES string of the molecule is COc1ccc(Cc2nnc3n2NC(c2cc4ccccc4o2)=CS3)cc1OC. The molecule has 2 aromatic carbocycles. The van der Waals surface area contributed by atoms with Gasteiger partial charge in [0, 0.05) is 17.2 Å². The number of aromatic nitrogens is 3. The van der Waals surface area contributed by atoms with Gasteiger partial charge < -0.3 is 13.9 Å². The van der Waals surface area contributed by atoms with E-state index >= 15 is 0 Å². The fourth-order valence-electron chi connectivity index (χ4n) is 3.26. The van der Waals surface area contributed by atoms with E-state index in [0.29, 0.717) is 17.9 Å². The predicted molar refractivity (Wildman–Crippen MR) is 112 cm³/mol. The minimum Gasteiger partial charge on any atom is -0.493 e. The van der Waals surface area contributed by atoms with Crippen LogP contribution in [0.2, 0.25) is 0 Å². The van der Waals surface area contributed by atoms with Crippen molar-refractivity contribution in [3.8, 4) is 11.5 Å². The van der Waals surface area contributed by atoms with Crippen LogP contribution in [0.15, 0.2) is 63.5 Å². The average molecular weight is 406 g/mol. The number of hydrogen-bond donors (Lipinski definition) is 1.